The number of aromatic nitrogens is 1. The fraction of sp³-hybridized carbons (Fsp3) is 0.464. The van der Waals surface area contributed by atoms with Crippen LogP contribution < -0.4 is 16.1 Å². The van der Waals surface area contributed by atoms with Gasteiger partial charge in [0.2, 0.25) is 11.8 Å². The zero-order valence-electron chi connectivity index (χ0n) is 22.2. The fourth-order valence-electron chi connectivity index (χ4n) is 4.60. The first-order valence-electron chi connectivity index (χ1n) is 13.1. The normalized spacial score (nSPS) is 26.6. The molecule has 0 saturated carbocycles. The Labute approximate surface area is 222 Å². The third-order valence-electron chi connectivity index (χ3n) is 6.83. The molecule has 3 amide bonds. The highest BCUT2D eigenvalue weighted by Crippen LogP contribution is 2.23. The average Bonchev–Trinajstić information content (AvgIpc) is 2.90. The molecule has 0 aliphatic carbocycles. The van der Waals surface area contributed by atoms with Crippen LogP contribution in [-0.2, 0) is 23.9 Å². The number of amides is 3. The van der Waals surface area contributed by atoms with Crippen molar-refractivity contribution in [2.24, 2.45) is 5.92 Å². The number of hydrogen-bond acceptors (Lipinski definition) is 7. The number of rotatable bonds is 1. The molecule has 4 rings (SSSR count). The minimum atomic E-state index is -0.861. The Bertz CT molecular complexity index is 1260. The first-order chi connectivity index (χ1) is 18.1. The standard InChI is InChI=1S/C28H35N5O5/c1-16(2)25-26(35)30-17(3)27(36)33-12-6-8-23(32-33)28(37)38-18(4)21-14-20-13-19(7-5-9-24(34)31-25)10-11-22(20)29-15-21/h5,7,10-11,13-18,23,25,32H,6,8-9,12H2,1-4H3,(H,30,35)(H,31,34)/b7-5+/t17-,18+,23-,25?/m0/s1. The van der Waals surface area contributed by atoms with Crippen LogP contribution in [0.15, 0.2) is 36.5 Å². The van der Waals surface area contributed by atoms with Crippen molar-refractivity contribution in [3.05, 3.63) is 47.7 Å². The zero-order chi connectivity index (χ0) is 27.4. The lowest BCUT2D eigenvalue weighted by Crippen LogP contribution is -2.61. The minimum absolute atomic E-state index is 0.0907. The van der Waals surface area contributed by atoms with Gasteiger partial charge in [0.05, 0.1) is 5.52 Å². The van der Waals surface area contributed by atoms with Gasteiger partial charge in [0.1, 0.15) is 24.2 Å². The van der Waals surface area contributed by atoms with Crippen LogP contribution in [0.2, 0.25) is 0 Å². The van der Waals surface area contributed by atoms with E-state index in [0.717, 1.165) is 22.0 Å². The maximum absolute atomic E-state index is 13.1. The minimum Gasteiger partial charge on any atom is -0.457 e. The maximum Gasteiger partial charge on any atom is 0.325 e. The van der Waals surface area contributed by atoms with E-state index < -0.39 is 36.1 Å². The molecule has 1 unspecified atom stereocenters. The van der Waals surface area contributed by atoms with E-state index in [1.807, 2.05) is 44.2 Å². The summed E-state index contributed by atoms with van der Waals surface area (Å²) in [5.74, 6) is -1.77. The lowest BCUT2D eigenvalue weighted by atomic mass is 10.0. The molecule has 3 N–H and O–H groups in total. The lowest BCUT2D eigenvalue weighted by molar-refractivity contribution is -0.157. The van der Waals surface area contributed by atoms with Gasteiger partial charge in [-0.25, -0.2) is 5.43 Å². The summed E-state index contributed by atoms with van der Waals surface area (Å²) in [5, 5.41) is 7.74. The molecule has 3 heterocycles. The summed E-state index contributed by atoms with van der Waals surface area (Å²) in [6.07, 6.45) is 5.93. The van der Waals surface area contributed by atoms with Gasteiger partial charge < -0.3 is 15.4 Å². The molecular weight excluding hydrogens is 486 g/mol. The molecule has 0 spiro atoms. The highest BCUT2D eigenvalue weighted by molar-refractivity contribution is 5.92. The molecule has 4 atom stereocenters. The van der Waals surface area contributed by atoms with Crippen LogP contribution in [0, 0.1) is 5.92 Å². The predicted molar refractivity (Wildman–Crippen MR) is 142 cm³/mol. The number of esters is 1. The number of benzene rings is 1. The van der Waals surface area contributed by atoms with Crippen molar-refractivity contribution < 1.29 is 23.9 Å². The summed E-state index contributed by atoms with van der Waals surface area (Å²) in [6.45, 7) is 7.42. The van der Waals surface area contributed by atoms with E-state index in [2.05, 4.69) is 21.0 Å². The van der Waals surface area contributed by atoms with Crippen molar-refractivity contribution in [2.75, 3.05) is 6.54 Å². The van der Waals surface area contributed by atoms with Crippen LogP contribution in [0.4, 0.5) is 0 Å². The van der Waals surface area contributed by atoms with Crippen LogP contribution in [0.3, 0.4) is 0 Å². The highest BCUT2D eigenvalue weighted by atomic mass is 16.5. The molecule has 1 fully saturated rings. The number of hydrogen-bond donors (Lipinski definition) is 3. The van der Waals surface area contributed by atoms with E-state index >= 15 is 0 Å². The van der Waals surface area contributed by atoms with Crippen molar-refractivity contribution in [1.29, 1.82) is 0 Å². The number of hydrazine groups is 1. The van der Waals surface area contributed by atoms with Gasteiger partial charge in [-0.1, -0.05) is 32.1 Å². The van der Waals surface area contributed by atoms with E-state index in [-0.39, 0.29) is 24.2 Å². The Kier molecular flexibility index (Phi) is 8.41. The second-order valence-electron chi connectivity index (χ2n) is 10.2. The Hall–Kier alpha value is -3.79. The van der Waals surface area contributed by atoms with Crippen molar-refractivity contribution in [2.45, 2.75) is 71.2 Å². The summed E-state index contributed by atoms with van der Waals surface area (Å²) >= 11 is 0. The lowest BCUT2D eigenvalue weighted by Gasteiger charge is -2.35. The summed E-state index contributed by atoms with van der Waals surface area (Å²) in [5.41, 5.74) is 5.40. The number of carbonyl (C=O) groups is 4. The molecular formula is C28H35N5O5. The molecule has 10 nitrogen and oxygen atoms in total. The molecule has 202 valence electrons. The number of pyridine rings is 1. The fourth-order valence-corrected chi connectivity index (χ4v) is 4.60. The predicted octanol–water partition coefficient (Wildman–Crippen LogP) is 2.40. The van der Waals surface area contributed by atoms with Gasteiger partial charge in [-0.3, -0.25) is 29.2 Å². The van der Waals surface area contributed by atoms with Gasteiger partial charge in [-0.15, -0.1) is 0 Å². The van der Waals surface area contributed by atoms with E-state index in [0.29, 0.717) is 19.4 Å². The number of cyclic esters (lactones) is 1. The topological polar surface area (TPSA) is 130 Å². The first-order valence-corrected chi connectivity index (χ1v) is 13.1. The molecule has 0 radical (unpaired) electrons. The van der Waals surface area contributed by atoms with E-state index in [4.69, 9.17) is 4.74 Å². The third kappa shape index (κ3) is 6.36. The average molecular weight is 522 g/mol. The number of carbonyl (C=O) groups excluding carboxylic acids is 4. The van der Waals surface area contributed by atoms with Crippen LogP contribution in [0.5, 0.6) is 0 Å². The van der Waals surface area contributed by atoms with Crippen LogP contribution in [0.1, 0.15) is 64.2 Å². The van der Waals surface area contributed by atoms with Crippen LogP contribution in [0.25, 0.3) is 17.0 Å². The van der Waals surface area contributed by atoms with Gasteiger partial charge in [-0.2, -0.15) is 0 Å². The van der Waals surface area contributed by atoms with Gasteiger partial charge in [0.25, 0.3) is 5.91 Å². The van der Waals surface area contributed by atoms with Gasteiger partial charge in [0, 0.05) is 30.1 Å². The summed E-state index contributed by atoms with van der Waals surface area (Å²) in [7, 11) is 0. The molecule has 38 heavy (non-hydrogen) atoms. The number of ether oxygens (including phenoxy) is 1. The smallest absolute Gasteiger partial charge is 0.325 e. The SMILES string of the molecule is CC(C)C1NC(=O)C/C=C/c2ccc3ncc(cc3c2)[C@@H](C)OC(=O)[C@@H]2CCCN(N2)C(=O)[C@H](C)NC1=O. The largest absolute Gasteiger partial charge is 0.457 e. The summed E-state index contributed by atoms with van der Waals surface area (Å²) in [6, 6.07) is 5.33. The van der Waals surface area contributed by atoms with Crippen LogP contribution >= 0.6 is 0 Å². The van der Waals surface area contributed by atoms with Crippen molar-refractivity contribution >= 4 is 40.7 Å². The van der Waals surface area contributed by atoms with Gasteiger partial charge in [0.15, 0.2) is 0 Å². The molecule has 2 aliphatic heterocycles. The summed E-state index contributed by atoms with van der Waals surface area (Å²) < 4.78 is 5.74. The molecule has 1 saturated heterocycles. The van der Waals surface area contributed by atoms with Crippen molar-refractivity contribution in [1.82, 2.24) is 26.1 Å². The number of nitrogens with one attached hydrogen (secondary N) is 3. The van der Waals surface area contributed by atoms with Crippen molar-refractivity contribution in [3.8, 4) is 0 Å². The van der Waals surface area contributed by atoms with Gasteiger partial charge >= 0.3 is 5.97 Å². The Balaban J connectivity index is 1.64. The van der Waals surface area contributed by atoms with Gasteiger partial charge in [-0.05, 0) is 56.4 Å². The third-order valence-corrected chi connectivity index (χ3v) is 6.83. The number of nitrogens with zero attached hydrogens (tertiary/aromatic N) is 2. The second-order valence-corrected chi connectivity index (χ2v) is 10.2. The Morgan fingerprint density at radius 3 is 2.63 bits per heavy atom. The zero-order valence-corrected chi connectivity index (χ0v) is 22.2. The highest BCUT2D eigenvalue weighted by Gasteiger charge is 2.33. The molecule has 1 aromatic heterocycles. The van der Waals surface area contributed by atoms with E-state index in [9.17, 15) is 19.2 Å². The van der Waals surface area contributed by atoms with E-state index in [1.165, 1.54) is 5.01 Å². The van der Waals surface area contributed by atoms with Crippen LogP contribution in [-0.4, -0.2) is 58.4 Å². The molecule has 1 aromatic carbocycles. The maximum atomic E-state index is 13.1. The molecule has 2 aromatic rings. The first kappa shape index (κ1) is 27.3. The Morgan fingerprint density at radius 2 is 1.87 bits per heavy atom. The molecule has 10 heteroatoms. The quantitative estimate of drug-likeness (QED) is 0.492. The molecule has 2 aliphatic rings. The molecule has 5 bridgehead atoms. The van der Waals surface area contributed by atoms with E-state index in [1.54, 1.807) is 26.1 Å². The Morgan fingerprint density at radius 1 is 1.08 bits per heavy atom. The monoisotopic (exact) mass is 521 g/mol. The van der Waals surface area contributed by atoms with Crippen molar-refractivity contribution in [3.63, 3.8) is 0 Å². The summed E-state index contributed by atoms with van der Waals surface area (Å²) in [4.78, 5) is 56.2. The second kappa shape index (κ2) is 11.7. The number of fused-ring (bicyclic) bond motifs is 4.